The molecule has 1 unspecified atom stereocenters. The van der Waals surface area contributed by atoms with Crippen LogP contribution in [0.3, 0.4) is 0 Å². The molecule has 1 aromatic heterocycles. The Bertz CT molecular complexity index is 1060. The Morgan fingerprint density at radius 3 is 2.83 bits per heavy atom. The molecule has 30 heavy (non-hydrogen) atoms. The van der Waals surface area contributed by atoms with Crippen molar-refractivity contribution < 1.29 is 14.3 Å². The number of carbonyl (C=O) groups is 1. The van der Waals surface area contributed by atoms with Gasteiger partial charge in [0.25, 0.3) is 0 Å². The third-order valence-corrected chi connectivity index (χ3v) is 6.19. The molecule has 0 fully saturated rings. The van der Waals surface area contributed by atoms with Crippen molar-refractivity contribution in [1.82, 2.24) is 14.9 Å². The maximum absolute atomic E-state index is 12.6. The van der Waals surface area contributed by atoms with Gasteiger partial charge >= 0.3 is 0 Å². The average Bonchev–Trinajstić information content (AvgIpc) is 3.22. The second-order valence-electron chi connectivity index (χ2n) is 7.28. The van der Waals surface area contributed by atoms with E-state index < -0.39 is 0 Å². The average molecular weight is 424 g/mol. The third-order valence-electron chi connectivity index (χ3n) is 5.22. The van der Waals surface area contributed by atoms with Crippen LogP contribution in [0.15, 0.2) is 53.9 Å². The smallest absolute Gasteiger partial charge is 0.230 e. The first kappa shape index (κ1) is 20.3. The number of imidazole rings is 1. The number of amides is 1. The fourth-order valence-electron chi connectivity index (χ4n) is 3.40. The molecule has 0 spiro atoms. The number of ether oxygens (including phenoxy) is 2. The first-order valence-electron chi connectivity index (χ1n) is 9.94. The number of nitrogens with zero attached hydrogens (tertiary/aromatic N) is 2. The van der Waals surface area contributed by atoms with Gasteiger partial charge in [0.1, 0.15) is 13.2 Å². The molecule has 3 aromatic rings. The number of hydrogen-bond donors (Lipinski definition) is 1. The number of aromatic nitrogens is 2. The van der Waals surface area contributed by atoms with E-state index in [9.17, 15) is 4.79 Å². The van der Waals surface area contributed by atoms with Gasteiger partial charge in [0.15, 0.2) is 16.7 Å². The monoisotopic (exact) mass is 423 g/mol. The predicted octanol–water partition coefficient (Wildman–Crippen LogP) is 4.23. The third kappa shape index (κ3) is 4.31. The Labute approximate surface area is 180 Å². The van der Waals surface area contributed by atoms with Crippen molar-refractivity contribution in [3.8, 4) is 17.2 Å². The number of thioether (sulfide) groups is 1. The van der Waals surface area contributed by atoms with E-state index in [-0.39, 0.29) is 17.7 Å². The lowest BCUT2D eigenvalue weighted by atomic mass is 10.1. The van der Waals surface area contributed by atoms with Crippen LogP contribution < -0.4 is 14.8 Å². The number of aryl methyl sites for hydroxylation is 1. The number of nitrogens with one attached hydrogen (secondary N) is 1. The number of hydrogen-bond acceptors (Lipinski definition) is 5. The Kier molecular flexibility index (Phi) is 5.99. The van der Waals surface area contributed by atoms with Crippen LogP contribution in [0.4, 0.5) is 0 Å². The molecule has 0 aliphatic carbocycles. The van der Waals surface area contributed by atoms with E-state index in [0.29, 0.717) is 13.2 Å². The molecule has 1 aliphatic rings. The van der Waals surface area contributed by atoms with Crippen molar-refractivity contribution in [2.24, 2.45) is 0 Å². The number of rotatable bonds is 6. The lowest BCUT2D eigenvalue weighted by Crippen LogP contribution is -2.28. The molecule has 7 heteroatoms. The van der Waals surface area contributed by atoms with Gasteiger partial charge in [0, 0.05) is 12.4 Å². The van der Waals surface area contributed by atoms with E-state index in [0.717, 1.165) is 27.9 Å². The molecule has 4 rings (SSSR count). The Balaban J connectivity index is 1.39. The fourth-order valence-corrected chi connectivity index (χ4v) is 4.18. The van der Waals surface area contributed by atoms with Crippen molar-refractivity contribution in [2.75, 3.05) is 19.0 Å². The van der Waals surface area contributed by atoms with E-state index in [4.69, 9.17) is 9.47 Å². The zero-order valence-electron chi connectivity index (χ0n) is 17.3. The lowest BCUT2D eigenvalue weighted by Gasteiger charge is -2.21. The molecule has 0 saturated heterocycles. The molecule has 1 atom stereocenters. The molecule has 6 nitrogen and oxygen atoms in total. The Hall–Kier alpha value is -2.93. The molecular weight excluding hydrogens is 398 g/mol. The standard InChI is InChI=1S/C23H25N3O3S/c1-15-5-4-6-19(16(15)2)26-10-9-24-23(26)30-14-22(27)25-17(3)18-7-8-20-21(13-18)29-12-11-28-20/h4-10,13,17H,11-12,14H2,1-3H3,(H,25,27). The van der Waals surface area contributed by atoms with Gasteiger partial charge in [-0.2, -0.15) is 0 Å². The van der Waals surface area contributed by atoms with E-state index >= 15 is 0 Å². The second-order valence-corrected chi connectivity index (χ2v) is 8.22. The molecule has 2 aromatic carbocycles. The van der Waals surface area contributed by atoms with Crippen LogP contribution in [0.2, 0.25) is 0 Å². The summed E-state index contributed by atoms with van der Waals surface area (Å²) < 4.78 is 13.2. The quantitative estimate of drug-likeness (QED) is 0.601. The summed E-state index contributed by atoms with van der Waals surface area (Å²) in [6.07, 6.45) is 3.69. The highest BCUT2D eigenvalue weighted by atomic mass is 32.2. The van der Waals surface area contributed by atoms with Crippen molar-refractivity contribution in [1.29, 1.82) is 0 Å². The summed E-state index contributed by atoms with van der Waals surface area (Å²) in [6.45, 7) is 7.26. The first-order valence-corrected chi connectivity index (χ1v) is 10.9. The number of benzene rings is 2. The molecule has 1 amide bonds. The Morgan fingerprint density at radius 1 is 1.20 bits per heavy atom. The minimum atomic E-state index is -0.132. The predicted molar refractivity (Wildman–Crippen MR) is 118 cm³/mol. The lowest BCUT2D eigenvalue weighted by molar-refractivity contribution is -0.119. The van der Waals surface area contributed by atoms with Gasteiger partial charge in [-0.3, -0.25) is 9.36 Å². The minimum absolute atomic E-state index is 0.0436. The molecule has 156 valence electrons. The van der Waals surface area contributed by atoms with Gasteiger partial charge < -0.3 is 14.8 Å². The van der Waals surface area contributed by atoms with Crippen LogP contribution in [0.1, 0.15) is 29.7 Å². The van der Waals surface area contributed by atoms with Crippen LogP contribution in [-0.4, -0.2) is 34.4 Å². The topological polar surface area (TPSA) is 65.4 Å². The van der Waals surface area contributed by atoms with E-state index in [1.165, 1.54) is 22.9 Å². The van der Waals surface area contributed by atoms with Gasteiger partial charge in [0.2, 0.25) is 5.91 Å². The number of fused-ring (bicyclic) bond motifs is 1. The maximum Gasteiger partial charge on any atom is 0.230 e. The van der Waals surface area contributed by atoms with E-state index in [1.807, 2.05) is 42.0 Å². The molecule has 1 N–H and O–H groups in total. The first-order chi connectivity index (χ1) is 14.5. The van der Waals surface area contributed by atoms with Crippen molar-refractivity contribution in [2.45, 2.75) is 32.0 Å². The zero-order valence-corrected chi connectivity index (χ0v) is 18.2. The summed E-state index contributed by atoms with van der Waals surface area (Å²) in [5, 5.41) is 3.85. The van der Waals surface area contributed by atoms with E-state index in [1.54, 1.807) is 6.20 Å². The van der Waals surface area contributed by atoms with Gasteiger partial charge in [-0.1, -0.05) is 30.0 Å². The molecule has 0 saturated carbocycles. The summed E-state index contributed by atoms with van der Waals surface area (Å²) in [4.78, 5) is 17.0. The summed E-state index contributed by atoms with van der Waals surface area (Å²) >= 11 is 1.43. The largest absolute Gasteiger partial charge is 0.486 e. The minimum Gasteiger partial charge on any atom is -0.486 e. The van der Waals surface area contributed by atoms with Crippen LogP contribution in [0.25, 0.3) is 5.69 Å². The second kappa shape index (κ2) is 8.83. The fraction of sp³-hybridized carbons (Fsp3) is 0.304. The Morgan fingerprint density at radius 2 is 2.00 bits per heavy atom. The van der Waals surface area contributed by atoms with Crippen LogP contribution in [0.5, 0.6) is 11.5 Å². The molecular formula is C23H25N3O3S. The van der Waals surface area contributed by atoms with Crippen LogP contribution >= 0.6 is 11.8 Å². The van der Waals surface area contributed by atoms with Gasteiger partial charge in [-0.05, 0) is 55.7 Å². The van der Waals surface area contributed by atoms with Gasteiger partial charge in [0.05, 0.1) is 17.5 Å². The van der Waals surface area contributed by atoms with Crippen LogP contribution in [-0.2, 0) is 4.79 Å². The molecule has 0 bridgehead atoms. The van der Waals surface area contributed by atoms with Gasteiger partial charge in [-0.25, -0.2) is 4.98 Å². The maximum atomic E-state index is 12.6. The number of carbonyl (C=O) groups excluding carboxylic acids is 1. The molecule has 1 aliphatic heterocycles. The summed E-state index contributed by atoms with van der Waals surface area (Å²) in [6, 6.07) is 11.8. The van der Waals surface area contributed by atoms with Crippen LogP contribution in [0, 0.1) is 13.8 Å². The van der Waals surface area contributed by atoms with Gasteiger partial charge in [-0.15, -0.1) is 0 Å². The molecule has 0 radical (unpaired) electrons. The highest BCUT2D eigenvalue weighted by Crippen LogP contribution is 2.32. The summed E-state index contributed by atoms with van der Waals surface area (Å²) in [7, 11) is 0. The van der Waals surface area contributed by atoms with Crippen molar-refractivity contribution in [3.63, 3.8) is 0 Å². The molecule has 2 heterocycles. The summed E-state index contributed by atoms with van der Waals surface area (Å²) in [5.74, 6) is 1.72. The SMILES string of the molecule is Cc1cccc(-n2ccnc2SCC(=O)NC(C)c2ccc3c(c2)OCCO3)c1C. The highest BCUT2D eigenvalue weighted by Gasteiger charge is 2.17. The normalized spacial score (nSPS) is 13.7. The highest BCUT2D eigenvalue weighted by molar-refractivity contribution is 7.99. The van der Waals surface area contributed by atoms with Crippen molar-refractivity contribution in [3.05, 3.63) is 65.5 Å². The van der Waals surface area contributed by atoms with E-state index in [2.05, 4.69) is 36.3 Å². The van der Waals surface area contributed by atoms with Crippen molar-refractivity contribution >= 4 is 17.7 Å². The zero-order chi connectivity index (χ0) is 21.1. The summed E-state index contributed by atoms with van der Waals surface area (Å²) in [5.41, 5.74) is 4.49.